The fourth-order valence-corrected chi connectivity index (χ4v) is 1.99. The van der Waals surface area contributed by atoms with Crippen molar-refractivity contribution in [2.75, 3.05) is 7.05 Å². The summed E-state index contributed by atoms with van der Waals surface area (Å²) in [5.74, 6) is 0. The number of hydrogen-bond donors (Lipinski definition) is 0. The molecule has 0 fully saturated rings. The molecule has 0 aromatic heterocycles. The van der Waals surface area contributed by atoms with Gasteiger partial charge in [-0.15, -0.1) is 0 Å². The molecule has 0 amide bonds. The molecule has 20 heavy (non-hydrogen) atoms. The molecule has 0 bridgehead atoms. The molecule has 0 unspecified atom stereocenters. The van der Waals surface area contributed by atoms with E-state index in [0.29, 0.717) is 0 Å². The first kappa shape index (κ1) is 18.9. The van der Waals surface area contributed by atoms with Crippen molar-refractivity contribution in [3.8, 4) is 0 Å². The van der Waals surface area contributed by atoms with Gasteiger partial charge in [0.05, 0.1) is 0 Å². The molecule has 0 aliphatic carbocycles. The van der Waals surface area contributed by atoms with E-state index in [0.717, 1.165) is 18.6 Å². The quantitative estimate of drug-likeness (QED) is 0.182. The minimum atomic E-state index is 1.06. The number of hydrogen-bond acceptors (Lipinski definition) is 1. The van der Waals surface area contributed by atoms with Crippen LogP contribution in [-0.4, -0.2) is 12.8 Å². The number of unbranched alkanes of at least 4 members (excludes halogenated alkanes) is 4. The smallest absolute Gasteiger partial charge is 0.0313 e. The molecule has 0 atom stereocenters. The van der Waals surface area contributed by atoms with E-state index in [1.165, 1.54) is 49.7 Å². The third-order valence-corrected chi connectivity index (χ3v) is 3.58. The highest BCUT2D eigenvalue weighted by atomic mass is 14.7. The van der Waals surface area contributed by atoms with Crippen molar-refractivity contribution < 1.29 is 0 Å². The van der Waals surface area contributed by atoms with Crippen molar-refractivity contribution in [2.45, 2.75) is 72.1 Å². The zero-order chi connectivity index (χ0) is 15.2. The van der Waals surface area contributed by atoms with Crippen LogP contribution in [0.1, 0.15) is 72.1 Å². The van der Waals surface area contributed by atoms with Crippen molar-refractivity contribution in [3.63, 3.8) is 0 Å². The Morgan fingerprint density at radius 3 is 2.35 bits per heavy atom. The van der Waals surface area contributed by atoms with Crippen LogP contribution in [0.3, 0.4) is 0 Å². The highest BCUT2D eigenvalue weighted by molar-refractivity contribution is 5.92. The van der Waals surface area contributed by atoms with Gasteiger partial charge < -0.3 is 0 Å². The minimum Gasteiger partial charge on any atom is -0.293 e. The van der Waals surface area contributed by atoms with Crippen molar-refractivity contribution in [1.29, 1.82) is 0 Å². The molecule has 0 aliphatic rings. The monoisotopic (exact) mass is 275 g/mol. The van der Waals surface area contributed by atoms with Crippen LogP contribution in [0.2, 0.25) is 0 Å². The maximum Gasteiger partial charge on any atom is 0.0313 e. The number of aliphatic imine (C=N–C) groups is 1. The molecule has 0 N–H and O–H groups in total. The van der Waals surface area contributed by atoms with Crippen LogP contribution in [0.25, 0.3) is 0 Å². The molecule has 0 saturated carbocycles. The Bertz CT molecular complexity index is 345. The third-order valence-electron chi connectivity index (χ3n) is 3.58. The lowest BCUT2D eigenvalue weighted by Crippen LogP contribution is -1.86. The van der Waals surface area contributed by atoms with E-state index >= 15 is 0 Å². The fourth-order valence-electron chi connectivity index (χ4n) is 1.99. The van der Waals surface area contributed by atoms with Gasteiger partial charge in [-0.25, -0.2) is 0 Å². The molecule has 0 aromatic rings. The average Bonchev–Trinajstić information content (AvgIpc) is 2.44. The van der Waals surface area contributed by atoms with E-state index in [-0.39, 0.29) is 0 Å². The van der Waals surface area contributed by atoms with Gasteiger partial charge in [0, 0.05) is 12.8 Å². The molecular weight excluding hydrogens is 242 g/mol. The Kier molecular flexibility index (Phi) is 12.2. The standard InChI is InChI=1S/C19H33N/c1-6-7-8-9-10-12-17(2)15-16-18(3)13-11-14-19(4)20-5/h11,13-14H,2,6-10,12,15-16H2,1,3-5H3/b14-11-,18-13+,20-19?. The lowest BCUT2D eigenvalue weighted by atomic mass is 10.0. The van der Waals surface area contributed by atoms with Crippen molar-refractivity contribution in [3.05, 3.63) is 36.0 Å². The van der Waals surface area contributed by atoms with E-state index < -0.39 is 0 Å². The highest BCUT2D eigenvalue weighted by Crippen LogP contribution is 2.16. The molecular formula is C19H33N. The minimum absolute atomic E-state index is 1.06. The van der Waals surface area contributed by atoms with Crippen LogP contribution in [0.15, 0.2) is 40.9 Å². The van der Waals surface area contributed by atoms with E-state index in [1.807, 2.05) is 20.0 Å². The summed E-state index contributed by atoms with van der Waals surface area (Å²) in [7, 11) is 1.82. The summed E-state index contributed by atoms with van der Waals surface area (Å²) in [6.45, 7) is 10.7. The van der Waals surface area contributed by atoms with Gasteiger partial charge in [0.25, 0.3) is 0 Å². The Morgan fingerprint density at radius 2 is 1.70 bits per heavy atom. The second kappa shape index (κ2) is 12.9. The summed E-state index contributed by atoms with van der Waals surface area (Å²) >= 11 is 0. The van der Waals surface area contributed by atoms with E-state index in [4.69, 9.17) is 0 Å². The van der Waals surface area contributed by atoms with Gasteiger partial charge in [0.15, 0.2) is 0 Å². The Balaban J connectivity index is 3.77. The van der Waals surface area contributed by atoms with Crippen LogP contribution < -0.4 is 0 Å². The van der Waals surface area contributed by atoms with Gasteiger partial charge in [-0.3, -0.25) is 4.99 Å². The van der Waals surface area contributed by atoms with Crippen LogP contribution in [0, 0.1) is 0 Å². The molecule has 1 nitrogen and oxygen atoms in total. The Labute approximate surface area is 126 Å². The number of nitrogens with zero attached hydrogens (tertiary/aromatic N) is 1. The van der Waals surface area contributed by atoms with Gasteiger partial charge in [-0.2, -0.15) is 0 Å². The maximum atomic E-state index is 4.20. The topological polar surface area (TPSA) is 12.4 Å². The highest BCUT2D eigenvalue weighted by Gasteiger charge is 1.97. The van der Waals surface area contributed by atoms with Crippen molar-refractivity contribution in [1.82, 2.24) is 0 Å². The molecule has 1 heteroatoms. The van der Waals surface area contributed by atoms with Gasteiger partial charge >= 0.3 is 0 Å². The largest absolute Gasteiger partial charge is 0.293 e. The summed E-state index contributed by atoms with van der Waals surface area (Å²) in [6, 6.07) is 0. The van der Waals surface area contributed by atoms with Gasteiger partial charge in [0.2, 0.25) is 0 Å². The summed E-state index contributed by atoms with van der Waals surface area (Å²) in [5.41, 5.74) is 3.88. The maximum absolute atomic E-state index is 4.20. The first-order chi connectivity index (χ1) is 9.60. The predicted octanol–water partition coefficient (Wildman–Crippen LogP) is 6.28. The van der Waals surface area contributed by atoms with Crippen LogP contribution in [-0.2, 0) is 0 Å². The zero-order valence-corrected chi connectivity index (χ0v) is 14.0. The summed E-state index contributed by atoms with van der Waals surface area (Å²) < 4.78 is 0. The third kappa shape index (κ3) is 12.0. The molecule has 0 heterocycles. The predicted molar refractivity (Wildman–Crippen MR) is 93.7 cm³/mol. The lowest BCUT2D eigenvalue weighted by molar-refractivity contribution is 0.624. The van der Waals surface area contributed by atoms with E-state index in [9.17, 15) is 0 Å². The molecule has 0 aromatic carbocycles. The SMILES string of the molecule is C=C(CCCCCCC)CC/C(C)=C/C=C\C(C)=NC. The molecule has 114 valence electrons. The van der Waals surface area contributed by atoms with Gasteiger partial charge in [-0.1, -0.05) is 62.5 Å². The second-order valence-corrected chi connectivity index (χ2v) is 5.65. The normalized spacial score (nSPS) is 13.2. The first-order valence-electron chi connectivity index (χ1n) is 8.04. The van der Waals surface area contributed by atoms with Crippen molar-refractivity contribution >= 4 is 5.71 Å². The van der Waals surface area contributed by atoms with E-state index in [2.05, 4.69) is 37.6 Å². The lowest BCUT2D eigenvalue weighted by Gasteiger charge is -2.06. The molecule has 0 rings (SSSR count). The average molecular weight is 275 g/mol. The van der Waals surface area contributed by atoms with Crippen molar-refractivity contribution in [2.24, 2.45) is 4.99 Å². The molecule has 0 saturated heterocycles. The summed E-state index contributed by atoms with van der Waals surface area (Å²) in [4.78, 5) is 4.10. The van der Waals surface area contributed by atoms with E-state index in [1.54, 1.807) is 0 Å². The molecule has 0 radical (unpaired) electrons. The second-order valence-electron chi connectivity index (χ2n) is 5.65. The Hall–Kier alpha value is -1.11. The number of rotatable bonds is 11. The molecule has 0 spiro atoms. The summed E-state index contributed by atoms with van der Waals surface area (Å²) in [6.07, 6.45) is 16.5. The fraction of sp³-hybridized carbons (Fsp3) is 0.632. The Morgan fingerprint density at radius 1 is 1.00 bits per heavy atom. The van der Waals surface area contributed by atoms with Crippen LogP contribution >= 0.6 is 0 Å². The number of allylic oxidation sites excluding steroid dienone is 5. The van der Waals surface area contributed by atoms with Crippen LogP contribution in [0.4, 0.5) is 0 Å². The first-order valence-corrected chi connectivity index (χ1v) is 8.04. The van der Waals surface area contributed by atoms with Gasteiger partial charge in [0.1, 0.15) is 0 Å². The van der Waals surface area contributed by atoms with Crippen LogP contribution in [0.5, 0.6) is 0 Å². The summed E-state index contributed by atoms with van der Waals surface area (Å²) in [5, 5.41) is 0. The van der Waals surface area contributed by atoms with Gasteiger partial charge in [-0.05, 0) is 45.6 Å². The zero-order valence-electron chi connectivity index (χ0n) is 14.0. The molecule has 0 aliphatic heterocycles.